The molecule has 15 heteroatoms. The minimum absolute atomic E-state index is 0.0588. The summed E-state index contributed by atoms with van der Waals surface area (Å²) in [4.78, 5) is 73.8. The molecule has 0 unspecified atom stereocenters. The number of carboxylic acids is 1. The van der Waals surface area contributed by atoms with Crippen LogP contribution in [0.4, 0.5) is 11.5 Å². The molecule has 2 saturated heterocycles. The van der Waals surface area contributed by atoms with Crippen molar-refractivity contribution in [3.63, 3.8) is 0 Å². The number of aromatic hydroxyl groups is 1. The lowest BCUT2D eigenvalue weighted by molar-refractivity contribution is -0.131. The second-order valence-electron chi connectivity index (χ2n) is 15.5. The number of carbonyl (C=O) groups excluding carboxylic acids is 4. The summed E-state index contributed by atoms with van der Waals surface area (Å²) in [5.74, 6) is -7.07. The Morgan fingerprint density at radius 2 is 1.74 bits per heavy atom. The zero-order valence-electron chi connectivity index (χ0n) is 32.0. The van der Waals surface area contributed by atoms with Crippen molar-refractivity contribution in [2.75, 3.05) is 24.0 Å². The SMILES string of the molecule is COc1cc(O)c([C@H]2C3=CC[C@@H]4C(=O)N(c5cccc(C(=O)O)c5)C(=O)[C@@H]4[C@@H]3C[C@H]3C(=O)N(c4cc(-c5sc6ccc(Cl)cc6c5C)nn4C)C(=O)[C@@]23C)c(OC)c1. The molecule has 1 saturated carbocycles. The van der Waals surface area contributed by atoms with Gasteiger partial charge in [-0.3, -0.25) is 28.8 Å². The average molecular weight is 821 g/mol. The van der Waals surface area contributed by atoms with Gasteiger partial charge in [0.1, 0.15) is 28.8 Å². The van der Waals surface area contributed by atoms with Crippen LogP contribution in [0.2, 0.25) is 5.02 Å². The van der Waals surface area contributed by atoms with Crippen molar-refractivity contribution in [1.82, 2.24) is 9.78 Å². The number of amides is 4. The zero-order chi connectivity index (χ0) is 41.1. The van der Waals surface area contributed by atoms with Gasteiger partial charge in [-0.05, 0) is 80.0 Å². The molecule has 6 atom stereocenters. The van der Waals surface area contributed by atoms with Crippen molar-refractivity contribution in [1.29, 1.82) is 0 Å². The third-order valence-corrected chi connectivity index (χ3v) is 14.2. The molecule has 9 rings (SSSR count). The van der Waals surface area contributed by atoms with Gasteiger partial charge in [-0.25, -0.2) is 9.69 Å². The molecule has 5 aromatic rings. The molecule has 58 heavy (non-hydrogen) atoms. The molecule has 4 amide bonds. The van der Waals surface area contributed by atoms with Crippen LogP contribution in [-0.2, 0) is 26.2 Å². The van der Waals surface area contributed by atoms with Crippen LogP contribution in [0.15, 0.2) is 72.3 Å². The number of aromatic nitrogens is 2. The fourth-order valence-corrected chi connectivity index (χ4v) is 11.3. The van der Waals surface area contributed by atoms with Crippen molar-refractivity contribution in [2.45, 2.75) is 32.6 Å². The van der Waals surface area contributed by atoms with E-state index in [1.807, 2.05) is 31.2 Å². The Morgan fingerprint density at radius 3 is 2.47 bits per heavy atom. The molecule has 3 aromatic carbocycles. The van der Waals surface area contributed by atoms with E-state index in [1.165, 1.54) is 65.5 Å². The van der Waals surface area contributed by atoms with Gasteiger partial charge in [0.2, 0.25) is 23.6 Å². The molecule has 0 bridgehead atoms. The van der Waals surface area contributed by atoms with Crippen molar-refractivity contribution >= 4 is 74.1 Å². The number of ether oxygens (including phenoxy) is 2. The van der Waals surface area contributed by atoms with Crippen LogP contribution < -0.4 is 19.3 Å². The highest BCUT2D eigenvalue weighted by Crippen LogP contribution is 2.66. The first kappa shape index (κ1) is 37.6. The molecule has 13 nitrogen and oxygen atoms in total. The normalized spacial score (nSPS) is 25.2. The number of carbonyl (C=O) groups is 5. The predicted molar refractivity (Wildman–Crippen MR) is 215 cm³/mol. The van der Waals surface area contributed by atoms with Gasteiger partial charge < -0.3 is 19.7 Å². The number of aryl methyl sites for hydroxylation is 2. The van der Waals surface area contributed by atoms with Gasteiger partial charge >= 0.3 is 5.97 Å². The molecular weight excluding hydrogens is 784 g/mol. The Morgan fingerprint density at radius 1 is 0.966 bits per heavy atom. The maximum Gasteiger partial charge on any atom is 0.335 e. The third-order valence-electron chi connectivity index (χ3n) is 12.7. The lowest BCUT2D eigenvalue weighted by Gasteiger charge is -2.49. The monoisotopic (exact) mass is 820 g/mol. The number of halogens is 1. The highest BCUT2D eigenvalue weighted by Gasteiger charge is 2.68. The highest BCUT2D eigenvalue weighted by atomic mass is 35.5. The molecule has 2 aromatic heterocycles. The molecular formula is C43H37ClN4O9S. The van der Waals surface area contributed by atoms with Crippen LogP contribution in [0, 0.1) is 36.0 Å². The minimum Gasteiger partial charge on any atom is -0.507 e. The molecule has 4 aliphatic rings. The van der Waals surface area contributed by atoms with E-state index in [-0.39, 0.29) is 47.0 Å². The van der Waals surface area contributed by atoms with Crippen LogP contribution in [0.5, 0.6) is 17.2 Å². The Bertz CT molecular complexity index is 2700. The Hall–Kier alpha value is -5.99. The van der Waals surface area contributed by atoms with E-state index in [2.05, 4.69) is 0 Å². The van der Waals surface area contributed by atoms with E-state index >= 15 is 9.59 Å². The summed E-state index contributed by atoms with van der Waals surface area (Å²) in [5.41, 5.74) is 0.971. The number of hydrogen-bond donors (Lipinski definition) is 2. The first-order valence-corrected chi connectivity index (χ1v) is 19.9. The van der Waals surface area contributed by atoms with Gasteiger partial charge in [0.25, 0.3) is 0 Å². The number of phenolic OH excluding ortho intramolecular Hbond substituents is 1. The maximum absolute atomic E-state index is 15.3. The number of phenols is 1. The van der Waals surface area contributed by atoms with Gasteiger partial charge in [-0.1, -0.05) is 29.3 Å². The van der Waals surface area contributed by atoms with Gasteiger partial charge in [0.05, 0.1) is 53.5 Å². The molecule has 3 fully saturated rings. The van der Waals surface area contributed by atoms with Crippen LogP contribution in [0.3, 0.4) is 0 Å². The number of methoxy groups -OCH3 is 2. The predicted octanol–water partition coefficient (Wildman–Crippen LogP) is 7.12. The summed E-state index contributed by atoms with van der Waals surface area (Å²) < 4.78 is 13.8. The number of nitrogens with zero attached hydrogens (tertiary/aromatic N) is 4. The van der Waals surface area contributed by atoms with E-state index in [0.717, 1.165) is 25.4 Å². The van der Waals surface area contributed by atoms with Crippen LogP contribution in [-0.4, -0.2) is 63.8 Å². The summed E-state index contributed by atoms with van der Waals surface area (Å²) in [6.07, 6.45) is 2.06. The molecule has 2 N–H and O–H groups in total. The quantitative estimate of drug-likeness (QED) is 0.127. The number of allylic oxidation sites excluding steroid dienone is 2. The summed E-state index contributed by atoms with van der Waals surface area (Å²) >= 11 is 7.85. The molecule has 2 aliphatic carbocycles. The van der Waals surface area contributed by atoms with E-state index in [4.69, 9.17) is 26.2 Å². The Kier molecular flexibility index (Phi) is 8.60. The van der Waals surface area contributed by atoms with Gasteiger partial charge in [-0.2, -0.15) is 5.10 Å². The largest absolute Gasteiger partial charge is 0.507 e. The van der Waals surface area contributed by atoms with Crippen molar-refractivity contribution in [2.24, 2.45) is 36.1 Å². The van der Waals surface area contributed by atoms with E-state index in [9.17, 15) is 24.6 Å². The van der Waals surface area contributed by atoms with Crippen molar-refractivity contribution < 1.29 is 43.7 Å². The summed E-state index contributed by atoms with van der Waals surface area (Å²) in [6, 6.07) is 16.1. The van der Waals surface area contributed by atoms with Crippen molar-refractivity contribution in [3.8, 4) is 27.8 Å². The zero-order valence-corrected chi connectivity index (χ0v) is 33.6. The maximum atomic E-state index is 15.3. The first-order valence-electron chi connectivity index (χ1n) is 18.7. The van der Waals surface area contributed by atoms with Crippen LogP contribution >= 0.6 is 22.9 Å². The highest BCUT2D eigenvalue weighted by molar-refractivity contribution is 7.22. The number of anilines is 2. The number of imide groups is 2. The minimum atomic E-state index is -1.50. The standard InChI is InChI=1S/C43H37ClN4O9S/c1-19-26-14-21(44)9-12-32(26)58-37(19)29-18-33(46(3)45-29)48-39(51)28-17-27-24(36(43(28,2)42(48)55)35-30(49)15-23(56-4)16-31(35)57-5)10-11-25-34(27)40(52)47(38(25)50)22-8-6-7-20(13-22)41(53)54/h6-10,12-16,18,25,27-28,34,36,49H,11,17H2,1-5H3,(H,53,54)/t25-,27+,28-,34-,36+,43+/m0/s1. The fraction of sp³-hybridized carbons (Fsp3) is 0.302. The second-order valence-corrected chi connectivity index (χ2v) is 17.0. The molecule has 0 radical (unpaired) electrons. The third kappa shape index (κ3) is 5.20. The number of hydrogen-bond acceptors (Lipinski definition) is 10. The van der Waals surface area contributed by atoms with Gasteiger partial charge in [0, 0.05) is 46.5 Å². The smallest absolute Gasteiger partial charge is 0.335 e. The number of thiophene rings is 1. The Labute approximate surface area is 341 Å². The molecule has 4 heterocycles. The number of rotatable bonds is 7. The van der Waals surface area contributed by atoms with Crippen LogP contribution in [0.25, 0.3) is 20.7 Å². The number of aromatic carboxylic acids is 1. The number of benzene rings is 3. The van der Waals surface area contributed by atoms with Crippen LogP contribution in [0.1, 0.15) is 47.2 Å². The summed E-state index contributed by atoms with van der Waals surface area (Å²) in [5, 5.41) is 27.8. The topological polar surface area (TPSA) is 169 Å². The fourth-order valence-electron chi connectivity index (χ4n) is 9.95. The number of fused-ring (bicyclic) bond motifs is 5. The van der Waals surface area contributed by atoms with Gasteiger partial charge in [-0.15, -0.1) is 11.3 Å². The molecule has 0 spiro atoms. The lowest BCUT2D eigenvalue weighted by atomic mass is 9.51. The first-order chi connectivity index (χ1) is 27.7. The summed E-state index contributed by atoms with van der Waals surface area (Å²) in [6.45, 7) is 3.69. The lowest BCUT2D eigenvalue weighted by Crippen LogP contribution is -2.49. The van der Waals surface area contributed by atoms with Crippen molar-refractivity contribution in [3.05, 3.63) is 94.0 Å². The average Bonchev–Trinajstić information content (AvgIpc) is 3.87. The number of carboxylic acid groups (broad SMARTS) is 1. The molecule has 296 valence electrons. The Balaban J connectivity index is 1.18. The van der Waals surface area contributed by atoms with E-state index < -0.39 is 64.6 Å². The molecule has 2 aliphatic heterocycles. The summed E-state index contributed by atoms with van der Waals surface area (Å²) in [7, 11) is 4.55. The van der Waals surface area contributed by atoms with E-state index in [1.54, 1.807) is 26.1 Å². The van der Waals surface area contributed by atoms with E-state index in [0.29, 0.717) is 22.0 Å². The van der Waals surface area contributed by atoms with Gasteiger partial charge in [0.15, 0.2) is 0 Å². The second kappa shape index (κ2) is 13.3.